The average molecular weight is 515 g/mol. The third kappa shape index (κ3) is 5.49. The number of urea groups is 1. The topological polar surface area (TPSA) is 70.1 Å². The molecule has 2 aliphatic rings. The second-order valence-electron chi connectivity index (χ2n) is 11.3. The summed E-state index contributed by atoms with van der Waals surface area (Å²) in [5, 5.41) is 10.3. The van der Waals surface area contributed by atoms with Gasteiger partial charge in [0.05, 0.1) is 5.60 Å². The van der Waals surface area contributed by atoms with Crippen LogP contribution in [0.5, 0.6) is 0 Å². The first-order valence-corrected chi connectivity index (χ1v) is 12.7. The van der Waals surface area contributed by atoms with E-state index >= 15 is 0 Å². The number of aryl methyl sites for hydroxylation is 1. The number of hydrogen-bond acceptors (Lipinski definition) is 3. The van der Waals surface area contributed by atoms with Crippen molar-refractivity contribution in [3.63, 3.8) is 0 Å². The van der Waals surface area contributed by atoms with Gasteiger partial charge in [-0.15, -0.1) is 0 Å². The van der Waals surface area contributed by atoms with E-state index in [0.29, 0.717) is 18.7 Å². The highest BCUT2D eigenvalue weighted by Crippen LogP contribution is 2.44. The van der Waals surface area contributed by atoms with Gasteiger partial charge in [0, 0.05) is 44.6 Å². The molecular formula is C29H36F2N2O4. The molecule has 0 aromatic heterocycles. The number of halogens is 2. The molecule has 2 aromatic carbocycles. The summed E-state index contributed by atoms with van der Waals surface area (Å²) in [6, 6.07) is 7.68. The van der Waals surface area contributed by atoms with E-state index in [2.05, 4.69) is 0 Å². The Kier molecular flexibility index (Phi) is 7.10. The van der Waals surface area contributed by atoms with Crippen LogP contribution in [-0.4, -0.2) is 51.5 Å². The van der Waals surface area contributed by atoms with Crippen LogP contribution in [0.3, 0.4) is 0 Å². The van der Waals surface area contributed by atoms with Gasteiger partial charge in [0.25, 0.3) is 5.92 Å². The maximum Gasteiger partial charge on any atom is 0.337 e. The Hall–Kier alpha value is -3.00. The Labute approximate surface area is 217 Å². The molecule has 0 radical (unpaired) electrons. The first kappa shape index (κ1) is 27.0. The van der Waals surface area contributed by atoms with Crippen molar-refractivity contribution >= 4 is 12.0 Å². The number of carbonyl (C=O) groups is 2. The lowest BCUT2D eigenvalue weighted by Gasteiger charge is -2.34. The summed E-state index contributed by atoms with van der Waals surface area (Å²) in [6.45, 7) is 12.0. The molecule has 0 aliphatic carbocycles. The summed E-state index contributed by atoms with van der Waals surface area (Å²) in [4.78, 5) is 29.0. The SMILES string of the molecule is Cc1ccc(-c2c(C)c3c(c(C)c2[C@H](OC(C)(C)C)C(=O)O)CN(C(=O)N2CCC(F)(F)CC2)C3)cc1. The molecule has 2 amide bonds. The van der Waals surface area contributed by atoms with E-state index in [4.69, 9.17) is 4.74 Å². The van der Waals surface area contributed by atoms with Crippen molar-refractivity contribution in [2.24, 2.45) is 0 Å². The number of carboxylic acids is 1. The van der Waals surface area contributed by atoms with Gasteiger partial charge in [-0.05, 0) is 74.9 Å². The minimum Gasteiger partial charge on any atom is -0.479 e. The van der Waals surface area contributed by atoms with E-state index < -0.39 is 23.6 Å². The normalized spacial score (nSPS) is 18.1. The largest absolute Gasteiger partial charge is 0.479 e. The highest BCUT2D eigenvalue weighted by molar-refractivity contribution is 5.85. The maximum atomic E-state index is 13.7. The Balaban J connectivity index is 1.80. The van der Waals surface area contributed by atoms with Gasteiger partial charge in [-0.25, -0.2) is 18.4 Å². The lowest BCUT2D eigenvalue weighted by Crippen LogP contribution is -2.47. The van der Waals surface area contributed by atoms with Gasteiger partial charge in [0.2, 0.25) is 0 Å². The predicted octanol–water partition coefficient (Wildman–Crippen LogP) is 6.39. The molecule has 0 saturated carbocycles. The van der Waals surface area contributed by atoms with Crippen LogP contribution in [0, 0.1) is 20.8 Å². The van der Waals surface area contributed by atoms with Crippen molar-refractivity contribution in [2.45, 2.75) is 85.1 Å². The number of fused-ring (bicyclic) bond motifs is 1. The molecule has 6 nitrogen and oxygen atoms in total. The lowest BCUT2D eigenvalue weighted by molar-refractivity contribution is -0.160. The van der Waals surface area contributed by atoms with E-state index in [1.807, 2.05) is 65.8 Å². The molecule has 4 rings (SSSR count). The standard InChI is InChI=1S/C29H36F2N2O4/c1-17-7-9-20(10-8-17)23-18(2)21-15-33(27(36)32-13-11-29(30,31)12-14-32)16-22(21)19(3)24(23)25(26(34)35)37-28(4,5)6/h7-10,25H,11-16H2,1-6H3,(H,34,35)/t25-/m0/s1. The number of likely N-dealkylation sites (tertiary alicyclic amines) is 1. The number of piperidine rings is 1. The van der Waals surface area contributed by atoms with Gasteiger partial charge in [0.15, 0.2) is 6.10 Å². The molecule has 2 aromatic rings. The number of amides is 2. The Morgan fingerprint density at radius 1 is 0.946 bits per heavy atom. The molecule has 2 heterocycles. The van der Waals surface area contributed by atoms with Crippen molar-refractivity contribution in [1.82, 2.24) is 9.80 Å². The van der Waals surface area contributed by atoms with Gasteiger partial charge < -0.3 is 19.6 Å². The molecule has 8 heteroatoms. The first-order chi connectivity index (χ1) is 17.2. The van der Waals surface area contributed by atoms with Crippen LogP contribution < -0.4 is 0 Å². The van der Waals surface area contributed by atoms with Crippen molar-refractivity contribution in [3.8, 4) is 11.1 Å². The number of aliphatic carboxylic acids is 1. The minimum atomic E-state index is -2.73. The van der Waals surface area contributed by atoms with Crippen molar-refractivity contribution in [2.75, 3.05) is 13.1 Å². The fourth-order valence-electron chi connectivity index (χ4n) is 5.39. The molecule has 1 saturated heterocycles. The van der Waals surface area contributed by atoms with Crippen molar-refractivity contribution in [3.05, 3.63) is 57.6 Å². The van der Waals surface area contributed by atoms with Crippen LogP contribution in [0.25, 0.3) is 11.1 Å². The lowest BCUT2D eigenvalue weighted by atomic mass is 9.83. The summed E-state index contributed by atoms with van der Waals surface area (Å²) < 4.78 is 33.4. The van der Waals surface area contributed by atoms with E-state index in [0.717, 1.165) is 38.9 Å². The fraction of sp³-hybridized carbons (Fsp3) is 0.517. The highest BCUT2D eigenvalue weighted by atomic mass is 19.3. The number of carboxylic acid groups (broad SMARTS) is 1. The quantitative estimate of drug-likeness (QED) is 0.514. The molecular weight excluding hydrogens is 478 g/mol. The zero-order valence-corrected chi connectivity index (χ0v) is 22.5. The number of hydrogen-bond donors (Lipinski definition) is 1. The number of ether oxygens (including phenoxy) is 1. The molecule has 0 spiro atoms. The summed E-state index contributed by atoms with van der Waals surface area (Å²) in [5.41, 5.74) is 6.24. The Morgan fingerprint density at radius 2 is 1.49 bits per heavy atom. The fourth-order valence-corrected chi connectivity index (χ4v) is 5.39. The number of alkyl halides is 2. The molecule has 0 unspecified atom stereocenters. The highest BCUT2D eigenvalue weighted by Gasteiger charge is 2.40. The minimum absolute atomic E-state index is 0.0248. The second-order valence-corrected chi connectivity index (χ2v) is 11.3. The summed E-state index contributed by atoms with van der Waals surface area (Å²) in [5.74, 6) is -3.81. The van der Waals surface area contributed by atoms with Gasteiger partial charge in [0.1, 0.15) is 0 Å². The van der Waals surface area contributed by atoms with Crippen LogP contribution >= 0.6 is 0 Å². The van der Waals surface area contributed by atoms with Crippen LogP contribution in [0.2, 0.25) is 0 Å². The van der Waals surface area contributed by atoms with Crippen LogP contribution in [0.1, 0.15) is 73.1 Å². The number of benzene rings is 2. The smallest absolute Gasteiger partial charge is 0.337 e. The molecule has 1 atom stereocenters. The van der Waals surface area contributed by atoms with E-state index in [1.54, 1.807) is 4.90 Å². The molecule has 200 valence electrons. The average Bonchev–Trinajstić information content (AvgIpc) is 3.26. The van der Waals surface area contributed by atoms with Crippen LogP contribution in [0.15, 0.2) is 24.3 Å². The molecule has 1 fully saturated rings. The summed E-state index contributed by atoms with van der Waals surface area (Å²) >= 11 is 0. The zero-order chi connectivity index (χ0) is 27.3. The van der Waals surface area contributed by atoms with Crippen molar-refractivity contribution < 1.29 is 28.2 Å². The number of carbonyl (C=O) groups excluding carboxylic acids is 1. The van der Waals surface area contributed by atoms with Gasteiger partial charge >= 0.3 is 12.0 Å². The zero-order valence-electron chi connectivity index (χ0n) is 22.5. The number of nitrogens with zero attached hydrogens (tertiary/aromatic N) is 2. The molecule has 37 heavy (non-hydrogen) atoms. The molecule has 2 aliphatic heterocycles. The first-order valence-electron chi connectivity index (χ1n) is 12.7. The summed E-state index contributed by atoms with van der Waals surface area (Å²) in [6.07, 6.45) is -1.86. The monoisotopic (exact) mass is 514 g/mol. The maximum absolute atomic E-state index is 13.7. The number of rotatable bonds is 4. The van der Waals surface area contributed by atoms with Crippen molar-refractivity contribution in [1.29, 1.82) is 0 Å². The van der Waals surface area contributed by atoms with E-state index in [1.165, 1.54) is 4.90 Å². The second kappa shape index (κ2) is 9.71. The molecule has 0 bridgehead atoms. The predicted molar refractivity (Wildman–Crippen MR) is 138 cm³/mol. The Morgan fingerprint density at radius 3 is 2.00 bits per heavy atom. The molecule has 1 N–H and O–H groups in total. The van der Waals surface area contributed by atoms with Gasteiger partial charge in [-0.1, -0.05) is 29.8 Å². The summed E-state index contributed by atoms with van der Waals surface area (Å²) in [7, 11) is 0. The van der Waals surface area contributed by atoms with Gasteiger partial charge in [-0.2, -0.15) is 0 Å². The third-order valence-electron chi connectivity index (χ3n) is 7.35. The third-order valence-corrected chi connectivity index (χ3v) is 7.35. The van der Waals surface area contributed by atoms with Gasteiger partial charge in [-0.3, -0.25) is 0 Å². The van der Waals surface area contributed by atoms with Crippen LogP contribution in [0.4, 0.5) is 13.6 Å². The Bertz CT molecular complexity index is 1210. The van der Waals surface area contributed by atoms with E-state index in [-0.39, 0.29) is 32.0 Å². The van der Waals surface area contributed by atoms with E-state index in [9.17, 15) is 23.5 Å². The van der Waals surface area contributed by atoms with Crippen LogP contribution in [-0.2, 0) is 22.6 Å².